The number of thioether (sulfide) groups is 2. The first-order valence-electron chi connectivity index (χ1n) is 11.4. The SMILES string of the molecule is C=CCn1c(CSc2ccccc2)nnc1SCC(=O)Nc1sc2c(c1C(=O)OC)CCC(C)C2. The zero-order valence-corrected chi connectivity index (χ0v) is 22.2. The first-order chi connectivity index (χ1) is 17.0. The average Bonchev–Trinajstić information content (AvgIpc) is 3.41. The summed E-state index contributed by atoms with van der Waals surface area (Å²) in [6.45, 7) is 6.61. The van der Waals surface area contributed by atoms with Crippen LogP contribution in [0.5, 0.6) is 0 Å². The highest BCUT2D eigenvalue weighted by molar-refractivity contribution is 7.99. The van der Waals surface area contributed by atoms with Crippen LogP contribution in [0, 0.1) is 5.92 Å². The number of fused-ring (bicyclic) bond motifs is 1. The Kier molecular flexibility index (Phi) is 8.69. The molecular weight excluding hydrogens is 501 g/mol. The smallest absolute Gasteiger partial charge is 0.341 e. The Hall–Kier alpha value is -2.56. The number of rotatable bonds is 10. The lowest BCUT2D eigenvalue weighted by molar-refractivity contribution is -0.113. The number of aromatic nitrogens is 3. The van der Waals surface area contributed by atoms with Crippen molar-refractivity contribution in [3.63, 3.8) is 0 Å². The lowest BCUT2D eigenvalue weighted by Crippen LogP contribution is -2.17. The normalized spacial score (nSPS) is 14.9. The maximum Gasteiger partial charge on any atom is 0.341 e. The number of methoxy groups -OCH3 is 1. The average molecular weight is 529 g/mol. The monoisotopic (exact) mass is 528 g/mol. The summed E-state index contributed by atoms with van der Waals surface area (Å²) in [4.78, 5) is 27.7. The largest absolute Gasteiger partial charge is 0.465 e. The summed E-state index contributed by atoms with van der Waals surface area (Å²) in [5.41, 5.74) is 1.53. The van der Waals surface area contributed by atoms with E-state index >= 15 is 0 Å². The van der Waals surface area contributed by atoms with Crippen molar-refractivity contribution < 1.29 is 14.3 Å². The molecule has 1 aliphatic rings. The molecule has 2 heterocycles. The molecule has 4 rings (SSSR count). The molecule has 1 amide bonds. The molecule has 35 heavy (non-hydrogen) atoms. The molecule has 1 aliphatic carbocycles. The van der Waals surface area contributed by atoms with Gasteiger partial charge in [0.15, 0.2) is 5.16 Å². The lowest BCUT2D eigenvalue weighted by atomic mass is 9.88. The van der Waals surface area contributed by atoms with Crippen molar-refractivity contribution in [2.45, 2.75) is 48.5 Å². The number of anilines is 1. The summed E-state index contributed by atoms with van der Waals surface area (Å²) in [5, 5.41) is 12.8. The van der Waals surface area contributed by atoms with Gasteiger partial charge in [0, 0.05) is 16.3 Å². The summed E-state index contributed by atoms with van der Waals surface area (Å²) in [5.74, 6) is 1.62. The van der Waals surface area contributed by atoms with E-state index in [0.29, 0.717) is 33.9 Å². The molecule has 0 fully saturated rings. The zero-order chi connectivity index (χ0) is 24.8. The second-order valence-electron chi connectivity index (χ2n) is 8.28. The molecule has 1 N–H and O–H groups in total. The number of carbonyl (C=O) groups excluding carboxylic acids is 2. The van der Waals surface area contributed by atoms with Crippen molar-refractivity contribution in [1.29, 1.82) is 0 Å². The van der Waals surface area contributed by atoms with E-state index < -0.39 is 5.97 Å². The van der Waals surface area contributed by atoms with E-state index in [9.17, 15) is 9.59 Å². The standard InChI is InChI=1S/C25H28N4O3S3/c1-4-12-29-20(14-33-17-8-6-5-7-9-17)27-28-25(29)34-15-21(30)26-23-22(24(31)32-3)18-11-10-16(2)13-19(18)35-23/h4-9,16H,1,10-15H2,2-3H3,(H,26,30). The minimum atomic E-state index is -0.397. The summed E-state index contributed by atoms with van der Waals surface area (Å²) in [7, 11) is 1.37. The number of hydrogen-bond donors (Lipinski definition) is 1. The van der Waals surface area contributed by atoms with Crippen molar-refractivity contribution in [3.05, 3.63) is 64.8 Å². The Morgan fingerprint density at radius 2 is 2.09 bits per heavy atom. The first-order valence-corrected chi connectivity index (χ1v) is 14.1. The van der Waals surface area contributed by atoms with Crippen molar-refractivity contribution in [2.24, 2.45) is 5.92 Å². The van der Waals surface area contributed by atoms with E-state index in [4.69, 9.17) is 4.74 Å². The molecule has 0 bridgehead atoms. The third-order valence-electron chi connectivity index (χ3n) is 5.70. The van der Waals surface area contributed by atoms with Crippen molar-refractivity contribution in [1.82, 2.24) is 14.8 Å². The van der Waals surface area contributed by atoms with Crippen LogP contribution in [0.3, 0.4) is 0 Å². The predicted molar refractivity (Wildman–Crippen MR) is 142 cm³/mol. The molecule has 1 aromatic carbocycles. The number of nitrogens with zero attached hydrogens (tertiary/aromatic N) is 3. The predicted octanol–water partition coefficient (Wildman–Crippen LogP) is 5.46. The van der Waals surface area contributed by atoms with Crippen LogP contribution in [0.2, 0.25) is 0 Å². The Bertz CT molecular complexity index is 1210. The molecule has 184 valence electrons. The van der Waals surface area contributed by atoms with E-state index in [1.165, 1.54) is 35.1 Å². The minimum Gasteiger partial charge on any atom is -0.465 e. The molecule has 3 aromatic rings. The van der Waals surface area contributed by atoms with Crippen LogP contribution in [-0.2, 0) is 34.7 Å². The number of hydrogen-bond acceptors (Lipinski definition) is 8. The van der Waals surface area contributed by atoms with Gasteiger partial charge in [-0.2, -0.15) is 0 Å². The van der Waals surface area contributed by atoms with Crippen LogP contribution in [-0.4, -0.2) is 39.5 Å². The van der Waals surface area contributed by atoms with E-state index in [2.05, 4.69) is 41.1 Å². The maximum atomic E-state index is 12.9. The van der Waals surface area contributed by atoms with E-state index in [-0.39, 0.29) is 11.7 Å². The first kappa shape index (κ1) is 25.5. The highest BCUT2D eigenvalue weighted by atomic mass is 32.2. The number of amides is 1. The van der Waals surface area contributed by atoms with Crippen LogP contribution in [0.15, 0.2) is 53.0 Å². The van der Waals surface area contributed by atoms with Crippen LogP contribution in [0.1, 0.15) is 40.0 Å². The Morgan fingerprint density at radius 1 is 1.29 bits per heavy atom. The van der Waals surface area contributed by atoms with Crippen molar-refractivity contribution in [3.8, 4) is 0 Å². The number of benzene rings is 1. The van der Waals surface area contributed by atoms with E-state index in [1.807, 2.05) is 22.8 Å². The molecule has 0 spiro atoms. The van der Waals surface area contributed by atoms with Crippen LogP contribution in [0.25, 0.3) is 0 Å². The van der Waals surface area contributed by atoms with Gasteiger partial charge in [0.1, 0.15) is 10.8 Å². The molecule has 1 unspecified atom stereocenters. The summed E-state index contributed by atoms with van der Waals surface area (Å²) >= 11 is 4.49. The molecule has 10 heteroatoms. The molecule has 0 radical (unpaired) electrons. The summed E-state index contributed by atoms with van der Waals surface area (Å²) < 4.78 is 7.00. The number of allylic oxidation sites excluding steroid dienone is 1. The number of carbonyl (C=O) groups is 2. The van der Waals surface area contributed by atoms with Crippen LogP contribution < -0.4 is 5.32 Å². The van der Waals surface area contributed by atoms with E-state index in [1.54, 1.807) is 17.8 Å². The molecule has 7 nitrogen and oxygen atoms in total. The fraction of sp³-hybridized carbons (Fsp3) is 0.360. The maximum absolute atomic E-state index is 12.9. The molecule has 1 atom stereocenters. The van der Waals surface area contributed by atoms with Gasteiger partial charge < -0.3 is 14.6 Å². The Morgan fingerprint density at radius 3 is 2.83 bits per heavy atom. The van der Waals surface area contributed by atoms with Gasteiger partial charge in [-0.3, -0.25) is 4.79 Å². The Balaban J connectivity index is 1.43. The molecule has 0 aliphatic heterocycles. The number of esters is 1. The number of nitrogens with one attached hydrogen (secondary N) is 1. The quantitative estimate of drug-likeness (QED) is 0.212. The van der Waals surface area contributed by atoms with Crippen molar-refractivity contribution in [2.75, 3.05) is 18.2 Å². The van der Waals surface area contributed by atoms with Crippen molar-refractivity contribution >= 4 is 51.7 Å². The van der Waals surface area contributed by atoms with Gasteiger partial charge in [-0.1, -0.05) is 43.0 Å². The third-order valence-corrected chi connectivity index (χ3v) is 8.85. The van der Waals surface area contributed by atoms with Gasteiger partial charge in [-0.25, -0.2) is 4.79 Å². The molecular formula is C25H28N4O3S3. The molecule has 0 saturated heterocycles. The third kappa shape index (κ3) is 6.17. The van der Waals surface area contributed by atoms with E-state index in [0.717, 1.165) is 35.5 Å². The van der Waals surface area contributed by atoms with Gasteiger partial charge in [0.25, 0.3) is 0 Å². The van der Waals surface area contributed by atoms with Gasteiger partial charge in [-0.15, -0.1) is 39.9 Å². The zero-order valence-electron chi connectivity index (χ0n) is 19.8. The fourth-order valence-electron chi connectivity index (χ4n) is 3.96. The van der Waals surface area contributed by atoms with Gasteiger partial charge in [0.2, 0.25) is 5.91 Å². The molecule has 2 aromatic heterocycles. The topological polar surface area (TPSA) is 86.1 Å². The highest BCUT2D eigenvalue weighted by Crippen LogP contribution is 2.40. The lowest BCUT2D eigenvalue weighted by Gasteiger charge is -2.18. The minimum absolute atomic E-state index is 0.153. The highest BCUT2D eigenvalue weighted by Gasteiger charge is 2.29. The fourth-order valence-corrected chi connectivity index (χ4v) is 7.00. The van der Waals surface area contributed by atoms with Gasteiger partial charge >= 0.3 is 5.97 Å². The van der Waals surface area contributed by atoms with Crippen LogP contribution >= 0.6 is 34.9 Å². The van der Waals surface area contributed by atoms with Gasteiger partial charge in [-0.05, 0) is 42.9 Å². The van der Waals surface area contributed by atoms with Gasteiger partial charge in [0.05, 0.1) is 24.2 Å². The second kappa shape index (κ2) is 11.9. The van der Waals surface area contributed by atoms with Crippen LogP contribution in [0.4, 0.5) is 5.00 Å². The summed E-state index contributed by atoms with van der Waals surface area (Å²) in [6, 6.07) is 10.1. The summed E-state index contributed by atoms with van der Waals surface area (Å²) in [6.07, 6.45) is 4.57. The second-order valence-corrected chi connectivity index (χ2v) is 11.4. The number of thiophene rings is 1. The Labute approximate surface area is 217 Å². The molecule has 0 saturated carbocycles. The number of ether oxygens (including phenoxy) is 1.